The fourth-order valence-electron chi connectivity index (χ4n) is 1.48. The lowest BCUT2D eigenvalue weighted by Gasteiger charge is -2.07. The van der Waals surface area contributed by atoms with Gasteiger partial charge in [0.05, 0.1) is 6.61 Å². The van der Waals surface area contributed by atoms with Gasteiger partial charge in [0.25, 0.3) is 0 Å². The second-order valence-electron chi connectivity index (χ2n) is 4.30. The molecule has 0 unspecified atom stereocenters. The summed E-state index contributed by atoms with van der Waals surface area (Å²) in [7, 11) is 0. The molecular formula is C12H18N2O. The summed E-state index contributed by atoms with van der Waals surface area (Å²) in [6, 6.07) is 3.91. The highest BCUT2D eigenvalue weighted by Gasteiger charge is 2.20. The minimum atomic E-state index is 0.0398. The topological polar surface area (TPSA) is 48.1 Å². The van der Waals surface area contributed by atoms with E-state index in [1.807, 2.05) is 19.1 Å². The summed E-state index contributed by atoms with van der Waals surface area (Å²) in [4.78, 5) is 4.21. The van der Waals surface area contributed by atoms with Crippen LogP contribution in [-0.4, -0.2) is 11.6 Å². The number of ether oxygens (including phenoxy) is 1. The van der Waals surface area contributed by atoms with E-state index in [9.17, 15) is 0 Å². The second kappa shape index (κ2) is 4.62. The zero-order valence-electron chi connectivity index (χ0n) is 9.15. The van der Waals surface area contributed by atoms with Crippen molar-refractivity contribution in [2.75, 3.05) is 6.61 Å². The van der Waals surface area contributed by atoms with Crippen molar-refractivity contribution in [1.82, 2.24) is 4.98 Å². The van der Waals surface area contributed by atoms with Crippen molar-refractivity contribution in [3.63, 3.8) is 0 Å². The van der Waals surface area contributed by atoms with E-state index < -0.39 is 0 Å². The van der Waals surface area contributed by atoms with Gasteiger partial charge in [0.2, 0.25) is 5.88 Å². The van der Waals surface area contributed by atoms with E-state index >= 15 is 0 Å². The molecule has 0 amide bonds. The van der Waals surface area contributed by atoms with Crippen LogP contribution < -0.4 is 10.5 Å². The van der Waals surface area contributed by atoms with Gasteiger partial charge in [0, 0.05) is 18.3 Å². The van der Waals surface area contributed by atoms with Crippen molar-refractivity contribution in [1.29, 1.82) is 0 Å². The molecule has 1 heterocycles. The number of aromatic nitrogens is 1. The van der Waals surface area contributed by atoms with Crippen LogP contribution in [0, 0.1) is 5.92 Å². The molecule has 1 saturated carbocycles. The van der Waals surface area contributed by atoms with Crippen LogP contribution in [0.5, 0.6) is 5.88 Å². The number of pyridine rings is 1. The number of hydrogen-bond acceptors (Lipinski definition) is 3. The van der Waals surface area contributed by atoms with Crippen LogP contribution in [0.15, 0.2) is 18.3 Å². The van der Waals surface area contributed by atoms with Crippen LogP contribution in [-0.2, 0) is 0 Å². The fourth-order valence-corrected chi connectivity index (χ4v) is 1.48. The average Bonchev–Trinajstić information content (AvgIpc) is 3.02. The molecule has 1 atom stereocenters. The highest BCUT2D eigenvalue weighted by Crippen LogP contribution is 2.32. The smallest absolute Gasteiger partial charge is 0.213 e. The Morgan fingerprint density at radius 2 is 2.33 bits per heavy atom. The Balaban J connectivity index is 1.80. The Labute approximate surface area is 90.7 Å². The van der Waals surface area contributed by atoms with E-state index in [4.69, 9.17) is 10.5 Å². The predicted octanol–water partition coefficient (Wildman–Crippen LogP) is 2.28. The van der Waals surface area contributed by atoms with Gasteiger partial charge in [-0.15, -0.1) is 0 Å². The Bertz CT molecular complexity index is 304. The van der Waals surface area contributed by atoms with Gasteiger partial charge in [0.1, 0.15) is 0 Å². The largest absolute Gasteiger partial charge is 0.478 e. The highest BCUT2D eigenvalue weighted by molar-refractivity contribution is 5.19. The van der Waals surface area contributed by atoms with Crippen molar-refractivity contribution >= 4 is 0 Å². The third kappa shape index (κ3) is 3.20. The van der Waals surface area contributed by atoms with Crippen molar-refractivity contribution < 1.29 is 4.74 Å². The summed E-state index contributed by atoms with van der Waals surface area (Å²) in [5.41, 5.74) is 6.78. The monoisotopic (exact) mass is 206 g/mol. The maximum absolute atomic E-state index is 5.73. The molecule has 0 radical (unpaired) electrons. The number of nitrogens with two attached hydrogens (primary N) is 1. The Kier molecular flexibility index (Phi) is 3.21. The van der Waals surface area contributed by atoms with E-state index in [0.29, 0.717) is 5.88 Å². The molecule has 1 aromatic rings. The summed E-state index contributed by atoms with van der Waals surface area (Å²) in [5.74, 6) is 1.62. The summed E-state index contributed by atoms with van der Waals surface area (Å²) in [6.07, 6.45) is 5.70. The zero-order valence-corrected chi connectivity index (χ0v) is 9.15. The lowest BCUT2D eigenvalue weighted by molar-refractivity contribution is 0.291. The quantitative estimate of drug-likeness (QED) is 0.804. The summed E-state index contributed by atoms with van der Waals surface area (Å²) in [5, 5.41) is 0. The molecule has 15 heavy (non-hydrogen) atoms. The van der Waals surface area contributed by atoms with Crippen molar-refractivity contribution in [3.8, 4) is 5.88 Å². The first-order chi connectivity index (χ1) is 7.25. The number of hydrogen-bond donors (Lipinski definition) is 1. The van der Waals surface area contributed by atoms with Gasteiger partial charge in [-0.2, -0.15) is 0 Å². The first-order valence-corrected chi connectivity index (χ1v) is 5.60. The maximum atomic E-state index is 5.73. The molecule has 2 rings (SSSR count). The van der Waals surface area contributed by atoms with Gasteiger partial charge < -0.3 is 10.5 Å². The molecule has 1 aromatic heterocycles. The number of rotatable bonds is 5. The minimum Gasteiger partial charge on any atom is -0.478 e. The van der Waals surface area contributed by atoms with Gasteiger partial charge in [-0.25, -0.2) is 4.98 Å². The fraction of sp³-hybridized carbons (Fsp3) is 0.583. The van der Waals surface area contributed by atoms with Gasteiger partial charge in [0.15, 0.2) is 0 Å². The van der Waals surface area contributed by atoms with E-state index in [1.54, 1.807) is 6.20 Å². The lowest BCUT2D eigenvalue weighted by atomic mass is 10.2. The van der Waals surface area contributed by atoms with Gasteiger partial charge in [-0.1, -0.05) is 18.9 Å². The van der Waals surface area contributed by atoms with Crippen molar-refractivity contribution in [3.05, 3.63) is 23.9 Å². The predicted molar refractivity (Wildman–Crippen MR) is 59.7 cm³/mol. The molecule has 0 saturated heterocycles. The Hall–Kier alpha value is -1.09. The van der Waals surface area contributed by atoms with Crippen molar-refractivity contribution in [2.24, 2.45) is 11.7 Å². The first-order valence-electron chi connectivity index (χ1n) is 5.60. The van der Waals surface area contributed by atoms with Gasteiger partial charge >= 0.3 is 0 Å². The molecular weight excluding hydrogens is 188 g/mol. The highest BCUT2D eigenvalue weighted by atomic mass is 16.5. The van der Waals surface area contributed by atoms with E-state index in [-0.39, 0.29) is 6.04 Å². The standard InChI is InChI=1S/C12H18N2O/c1-9(13)11-4-5-12(14-8-11)15-7-6-10-2-3-10/h4-5,8-10H,2-3,6-7,13H2,1H3/t9-/m1/s1. The van der Waals surface area contributed by atoms with Crippen LogP contribution >= 0.6 is 0 Å². The Morgan fingerprint density at radius 3 is 2.87 bits per heavy atom. The lowest BCUT2D eigenvalue weighted by Crippen LogP contribution is -2.06. The molecule has 1 fully saturated rings. The molecule has 0 bridgehead atoms. The van der Waals surface area contributed by atoms with Crippen LogP contribution in [0.1, 0.15) is 37.8 Å². The third-order valence-electron chi connectivity index (χ3n) is 2.76. The summed E-state index contributed by atoms with van der Waals surface area (Å²) < 4.78 is 5.54. The summed E-state index contributed by atoms with van der Waals surface area (Å²) >= 11 is 0. The second-order valence-corrected chi connectivity index (χ2v) is 4.30. The third-order valence-corrected chi connectivity index (χ3v) is 2.76. The Morgan fingerprint density at radius 1 is 1.53 bits per heavy atom. The molecule has 0 spiro atoms. The maximum Gasteiger partial charge on any atom is 0.213 e. The van der Waals surface area contributed by atoms with E-state index in [1.165, 1.54) is 12.8 Å². The molecule has 3 heteroatoms. The van der Waals surface area contributed by atoms with E-state index in [2.05, 4.69) is 4.98 Å². The first kappa shape index (κ1) is 10.4. The minimum absolute atomic E-state index is 0.0398. The normalized spacial score (nSPS) is 17.5. The van der Waals surface area contributed by atoms with Crippen LogP contribution in [0.3, 0.4) is 0 Å². The molecule has 1 aliphatic carbocycles. The summed E-state index contributed by atoms with van der Waals surface area (Å²) in [6.45, 7) is 2.74. The zero-order chi connectivity index (χ0) is 10.7. The van der Waals surface area contributed by atoms with Crippen LogP contribution in [0.2, 0.25) is 0 Å². The van der Waals surface area contributed by atoms with Crippen molar-refractivity contribution in [2.45, 2.75) is 32.2 Å². The van der Waals surface area contributed by atoms with Gasteiger partial charge in [-0.05, 0) is 24.8 Å². The molecule has 3 nitrogen and oxygen atoms in total. The van der Waals surface area contributed by atoms with Crippen LogP contribution in [0.25, 0.3) is 0 Å². The number of nitrogens with zero attached hydrogens (tertiary/aromatic N) is 1. The molecule has 0 aliphatic heterocycles. The van der Waals surface area contributed by atoms with E-state index in [0.717, 1.165) is 24.5 Å². The molecule has 1 aliphatic rings. The average molecular weight is 206 g/mol. The molecule has 2 N–H and O–H groups in total. The molecule has 0 aromatic carbocycles. The SMILES string of the molecule is C[C@@H](N)c1ccc(OCCC2CC2)nc1. The molecule has 82 valence electrons. The van der Waals surface area contributed by atoms with Crippen LogP contribution in [0.4, 0.5) is 0 Å². The van der Waals surface area contributed by atoms with Gasteiger partial charge in [-0.3, -0.25) is 0 Å².